The lowest BCUT2D eigenvalue weighted by atomic mass is 9.69. The second-order valence-corrected chi connectivity index (χ2v) is 3.57. The van der Waals surface area contributed by atoms with Crippen LogP contribution in [0.25, 0.3) is 0 Å². The van der Waals surface area contributed by atoms with Gasteiger partial charge in [-0.2, -0.15) is 0 Å². The van der Waals surface area contributed by atoms with Crippen LogP contribution in [0.15, 0.2) is 0 Å². The van der Waals surface area contributed by atoms with E-state index >= 15 is 0 Å². The van der Waals surface area contributed by atoms with Crippen LogP contribution in [0, 0.1) is 0 Å². The molecule has 0 amide bonds. The van der Waals surface area contributed by atoms with Crippen molar-refractivity contribution in [2.75, 3.05) is 6.61 Å². The third-order valence-corrected chi connectivity index (χ3v) is 2.91. The average Bonchev–Trinajstić information content (AvgIpc) is 2.39. The quantitative estimate of drug-likeness (QED) is 0.652. The highest BCUT2D eigenvalue weighted by Crippen LogP contribution is 2.54. The van der Waals surface area contributed by atoms with Gasteiger partial charge in [-0.25, -0.2) is 13.6 Å². The van der Waals surface area contributed by atoms with Gasteiger partial charge in [0.1, 0.15) is 5.60 Å². The Balaban J connectivity index is 2.08. The monoisotopic (exact) mass is 183 g/mol. The van der Waals surface area contributed by atoms with Crippen LogP contribution in [0.5, 0.6) is 0 Å². The van der Waals surface area contributed by atoms with Crippen molar-refractivity contribution in [2.24, 2.45) is 0 Å². The first kappa shape index (κ1) is 7.71. The van der Waals surface area contributed by atoms with Gasteiger partial charge < -0.3 is 4.74 Å². The summed E-state index contributed by atoms with van der Waals surface area (Å²) in [4.78, 5) is 2.50. The Labute approximate surface area is 68.0 Å². The third kappa shape index (κ3) is 0.832. The topological polar surface area (TPSA) is 21.3 Å². The molecule has 3 rings (SSSR count). The highest BCUT2D eigenvalue weighted by molar-refractivity contribution is 6.14. The van der Waals surface area contributed by atoms with Crippen molar-refractivity contribution in [2.45, 2.75) is 30.4 Å². The maximum Gasteiger partial charge on any atom is 0.267 e. The molecule has 3 fully saturated rings. The first-order valence-electron chi connectivity index (χ1n) is 3.42. The van der Waals surface area contributed by atoms with Crippen LogP contribution in [0.1, 0.15) is 12.8 Å². The summed E-state index contributed by atoms with van der Waals surface area (Å²) < 4.78 is 29.5. The molecular weight excluding hydrogens is 176 g/mol. The molecule has 5 heteroatoms. The highest BCUT2D eigenvalue weighted by atomic mass is 35.5. The standard InChI is InChI=1S/C6H8ClF2NO/c7-10-5-1-6(2-5,4(8)9)11-3-5/h4,10H,1-3H2. The lowest BCUT2D eigenvalue weighted by Gasteiger charge is -2.42. The van der Waals surface area contributed by atoms with Gasteiger partial charge in [0.15, 0.2) is 0 Å². The van der Waals surface area contributed by atoms with E-state index in [4.69, 9.17) is 16.5 Å². The summed E-state index contributed by atoms with van der Waals surface area (Å²) in [5.41, 5.74) is -1.54. The summed E-state index contributed by atoms with van der Waals surface area (Å²) in [6.07, 6.45) is -1.72. The van der Waals surface area contributed by atoms with E-state index in [-0.39, 0.29) is 5.54 Å². The lowest BCUT2D eigenvalue weighted by molar-refractivity contribution is -0.121. The van der Waals surface area contributed by atoms with Crippen LogP contribution in [0.4, 0.5) is 8.78 Å². The van der Waals surface area contributed by atoms with Gasteiger partial charge in [-0.3, -0.25) is 0 Å². The van der Waals surface area contributed by atoms with Crippen LogP contribution in [0.2, 0.25) is 0 Å². The molecule has 0 unspecified atom stereocenters. The first-order chi connectivity index (χ1) is 5.13. The number of fused-ring (bicyclic) bond motifs is 1. The Morgan fingerprint density at radius 3 is 2.36 bits per heavy atom. The molecule has 2 saturated heterocycles. The van der Waals surface area contributed by atoms with Gasteiger partial charge in [-0.1, -0.05) is 0 Å². The van der Waals surface area contributed by atoms with Crippen LogP contribution in [-0.2, 0) is 4.74 Å². The number of alkyl halides is 2. The molecule has 0 atom stereocenters. The largest absolute Gasteiger partial charge is 0.367 e. The Morgan fingerprint density at radius 1 is 1.45 bits per heavy atom. The predicted molar refractivity (Wildman–Crippen MR) is 35.6 cm³/mol. The Hall–Kier alpha value is 0.0700. The molecule has 0 aromatic rings. The number of nitrogens with one attached hydrogen (secondary N) is 1. The van der Waals surface area contributed by atoms with Crippen molar-refractivity contribution in [1.82, 2.24) is 4.84 Å². The van der Waals surface area contributed by atoms with Gasteiger partial charge in [0, 0.05) is 12.8 Å². The summed E-state index contributed by atoms with van der Waals surface area (Å²) in [6, 6.07) is 0. The van der Waals surface area contributed by atoms with Gasteiger partial charge in [-0.05, 0) is 11.8 Å². The molecule has 0 aromatic heterocycles. The molecule has 2 nitrogen and oxygen atoms in total. The minimum absolute atomic E-state index is 0.306. The van der Waals surface area contributed by atoms with Crippen LogP contribution in [-0.4, -0.2) is 24.2 Å². The molecule has 2 heterocycles. The van der Waals surface area contributed by atoms with Gasteiger partial charge in [0.25, 0.3) is 6.43 Å². The average molecular weight is 184 g/mol. The van der Waals surface area contributed by atoms with Crippen LogP contribution >= 0.6 is 11.8 Å². The van der Waals surface area contributed by atoms with Crippen molar-refractivity contribution in [3.63, 3.8) is 0 Å². The van der Waals surface area contributed by atoms with E-state index in [0.717, 1.165) is 0 Å². The van der Waals surface area contributed by atoms with Crippen molar-refractivity contribution < 1.29 is 13.5 Å². The SMILES string of the molecule is FC(F)C12CC(NCl)(CO1)C2. The summed E-state index contributed by atoms with van der Waals surface area (Å²) in [5, 5.41) is 0. The Kier molecular flexibility index (Phi) is 1.44. The zero-order valence-electron chi connectivity index (χ0n) is 5.74. The lowest BCUT2D eigenvalue weighted by Crippen LogP contribution is -2.58. The van der Waals surface area contributed by atoms with E-state index in [1.807, 2.05) is 0 Å². The smallest absolute Gasteiger partial charge is 0.267 e. The second-order valence-electron chi connectivity index (χ2n) is 3.38. The molecule has 1 N–H and O–H groups in total. The van der Waals surface area contributed by atoms with E-state index in [1.54, 1.807) is 0 Å². The summed E-state index contributed by atoms with van der Waals surface area (Å²) >= 11 is 5.38. The predicted octanol–water partition coefficient (Wildman–Crippen LogP) is 1.30. The molecule has 0 aromatic carbocycles. The number of rotatable bonds is 2. The first-order valence-corrected chi connectivity index (χ1v) is 3.80. The van der Waals surface area contributed by atoms with E-state index in [9.17, 15) is 8.78 Å². The van der Waals surface area contributed by atoms with Gasteiger partial charge in [-0.15, -0.1) is 0 Å². The zero-order valence-corrected chi connectivity index (χ0v) is 6.50. The molecular formula is C6H8ClF2NO. The molecule has 2 aliphatic heterocycles. The molecule has 0 spiro atoms. The maximum absolute atomic E-state index is 12.3. The zero-order chi connectivity index (χ0) is 8.11. The number of halogens is 3. The van der Waals surface area contributed by atoms with E-state index in [2.05, 4.69) is 4.84 Å². The van der Waals surface area contributed by atoms with Gasteiger partial charge in [0.2, 0.25) is 0 Å². The Bertz CT molecular complexity index is 181. The van der Waals surface area contributed by atoms with Crippen molar-refractivity contribution >= 4 is 11.8 Å². The molecule has 0 radical (unpaired) electrons. The third-order valence-electron chi connectivity index (χ3n) is 2.51. The highest BCUT2D eigenvalue weighted by Gasteiger charge is 2.66. The minimum atomic E-state index is -2.39. The molecule has 64 valence electrons. The van der Waals surface area contributed by atoms with Crippen molar-refractivity contribution in [3.05, 3.63) is 0 Å². The summed E-state index contributed by atoms with van der Waals surface area (Å²) in [6.45, 7) is 0.306. The van der Waals surface area contributed by atoms with Crippen LogP contribution in [0.3, 0.4) is 0 Å². The number of ether oxygens (including phenoxy) is 1. The number of hydrogen-bond acceptors (Lipinski definition) is 2. The minimum Gasteiger partial charge on any atom is -0.367 e. The van der Waals surface area contributed by atoms with Crippen LogP contribution < -0.4 is 4.84 Å². The van der Waals surface area contributed by atoms with Crippen molar-refractivity contribution in [1.29, 1.82) is 0 Å². The Morgan fingerprint density at radius 2 is 2.09 bits per heavy atom. The molecule has 1 aliphatic carbocycles. The fourth-order valence-corrected chi connectivity index (χ4v) is 2.08. The second kappa shape index (κ2) is 2.06. The van der Waals surface area contributed by atoms with E-state index < -0.39 is 12.0 Å². The summed E-state index contributed by atoms with van der Waals surface area (Å²) in [5.74, 6) is 0. The van der Waals surface area contributed by atoms with Gasteiger partial charge in [0.05, 0.1) is 12.1 Å². The molecule has 3 aliphatic rings. The fourth-order valence-electron chi connectivity index (χ4n) is 1.89. The molecule has 1 saturated carbocycles. The van der Waals surface area contributed by atoms with E-state index in [0.29, 0.717) is 19.4 Å². The molecule has 11 heavy (non-hydrogen) atoms. The fraction of sp³-hybridized carbons (Fsp3) is 1.00. The molecule has 2 bridgehead atoms. The van der Waals surface area contributed by atoms with Crippen molar-refractivity contribution in [3.8, 4) is 0 Å². The summed E-state index contributed by atoms with van der Waals surface area (Å²) in [7, 11) is 0. The normalized spacial score (nSPS) is 48.0. The van der Waals surface area contributed by atoms with E-state index in [1.165, 1.54) is 0 Å². The maximum atomic E-state index is 12.3. The number of hydrogen-bond donors (Lipinski definition) is 1. The van der Waals surface area contributed by atoms with Gasteiger partial charge >= 0.3 is 0 Å².